The van der Waals surface area contributed by atoms with Gasteiger partial charge < -0.3 is 20.1 Å². The summed E-state index contributed by atoms with van der Waals surface area (Å²) in [5.74, 6) is -2.16. The maximum absolute atomic E-state index is 10.5. The number of nitrogens with one attached hydrogen (secondary N) is 2. The van der Waals surface area contributed by atoms with E-state index < -0.39 is 12.1 Å². The first-order valence-electron chi connectivity index (χ1n) is 6.06. The van der Waals surface area contributed by atoms with Crippen LogP contribution < -0.4 is 15.3 Å². The highest BCUT2D eigenvalue weighted by Crippen LogP contribution is 2.11. The van der Waals surface area contributed by atoms with Crippen molar-refractivity contribution in [1.29, 1.82) is 0 Å². The maximum Gasteiger partial charge on any atom is 0.430 e. The van der Waals surface area contributed by atoms with Crippen molar-refractivity contribution in [1.82, 2.24) is 5.32 Å². The molecule has 0 aromatic heterocycles. The lowest BCUT2D eigenvalue weighted by molar-refractivity contribution is -0.900. The van der Waals surface area contributed by atoms with Crippen LogP contribution in [-0.4, -0.2) is 44.9 Å². The van der Waals surface area contributed by atoms with Crippen LogP contribution >= 0.6 is 0 Å². The Kier molecular flexibility index (Phi) is 7.93. The van der Waals surface area contributed by atoms with Crippen molar-refractivity contribution >= 4 is 5.97 Å². The molecule has 1 aliphatic heterocycles. The summed E-state index contributed by atoms with van der Waals surface area (Å²) < 4.78 is 31.5. The summed E-state index contributed by atoms with van der Waals surface area (Å²) >= 11 is 0. The Morgan fingerprint density at radius 2 is 1.89 bits per heavy atom. The highest BCUT2D eigenvalue weighted by molar-refractivity contribution is 5.70. The molecule has 1 saturated heterocycles. The summed E-state index contributed by atoms with van der Waals surface area (Å²) in [5.41, 5.74) is 0. The number of carboxylic acid groups (broad SMARTS) is 1. The molecule has 1 fully saturated rings. The van der Waals surface area contributed by atoms with Gasteiger partial charge in [0, 0.05) is 25.4 Å². The molecular weight excluding hydrogens is 249 g/mol. The van der Waals surface area contributed by atoms with E-state index in [1.165, 1.54) is 39.1 Å². The van der Waals surface area contributed by atoms with Gasteiger partial charge in [0.15, 0.2) is 0 Å². The predicted octanol–water partition coefficient (Wildman–Crippen LogP) is -1.18. The fourth-order valence-corrected chi connectivity index (χ4v) is 1.76. The molecule has 0 saturated carbocycles. The Balaban J connectivity index is 0.000000360. The molecule has 0 spiro atoms. The van der Waals surface area contributed by atoms with Crippen LogP contribution in [0, 0.1) is 5.92 Å². The van der Waals surface area contributed by atoms with E-state index in [9.17, 15) is 13.2 Å². The minimum absolute atomic E-state index is 0.850. The lowest BCUT2D eigenvalue weighted by Gasteiger charge is -2.18. The summed E-state index contributed by atoms with van der Waals surface area (Å²) in [5, 5.41) is 12.2. The number of aliphatic carboxylic acids is 1. The normalized spacial score (nSPS) is 20.9. The van der Waals surface area contributed by atoms with E-state index in [4.69, 9.17) is 9.90 Å². The number of halogens is 3. The Labute approximate surface area is 105 Å². The summed E-state index contributed by atoms with van der Waals surface area (Å²) in [6.07, 6.45) is -3.85. The van der Waals surface area contributed by atoms with Crippen molar-refractivity contribution in [3.63, 3.8) is 0 Å². The number of carbonyl (C=O) groups excluding carboxylic acids is 1. The van der Waals surface area contributed by atoms with Crippen molar-refractivity contribution < 1.29 is 28.0 Å². The average Bonchev–Trinajstić information content (AvgIpc) is 2.44. The Morgan fingerprint density at radius 1 is 1.33 bits per heavy atom. The van der Waals surface area contributed by atoms with Gasteiger partial charge in [-0.2, -0.15) is 13.2 Å². The van der Waals surface area contributed by atoms with Crippen LogP contribution in [0.3, 0.4) is 0 Å². The molecule has 0 bridgehead atoms. The predicted molar refractivity (Wildman–Crippen MR) is 59.0 cm³/mol. The van der Waals surface area contributed by atoms with Crippen molar-refractivity contribution in [2.75, 3.05) is 32.7 Å². The zero-order valence-corrected chi connectivity index (χ0v) is 10.8. The first-order valence-corrected chi connectivity index (χ1v) is 6.06. The molecule has 1 heterocycles. The summed E-state index contributed by atoms with van der Waals surface area (Å²) in [6.45, 7) is 11.1. The van der Waals surface area contributed by atoms with Gasteiger partial charge in [0.05, 0.1) is 19.6 Å². The average molecular weight is 270 g/mol. The van der Waals surface area contributed by atoms with Crippen molar-refractivity contribution in [2.45, 2.75) is 26.4 Å². The van der Waals surface area contributed by atoms with Gasteiger partial charge in [-0.3, -0.25) is 0 Å². The highest BCUT2D eigenvalue weighted by atomic mass is 19.4. The monoisotopic (exact) mass is 270 g/mol. The van der Waals surface area contributed by atoms with Gasteiger partial charge in [0.1, 0.15) is 5.97 Å². The number of hydrogen-bond acceptors (Lipinski definition) is 3. The van der Waals surface area contributed by atoms with Gasteiger partial charge in [-0.05, 0) is 0 Å². The molecule has 1 atom stereocenters. The molecule has 0 aromatic rings. The van der Waals surface area contributed by atoms with Crippen LogP contribution in [-0.2, 0) is 4.79 Å². The summed E-state index contributed by atoms with van der Waals surface area (Å²) in [7, 11) is 0. The minimum atomic E-state index is -5.19. The third kappa shape index (κ3) is 9.23. The molecule has 18 heavy (non-hydrogen) atoms. The minimum Gasteiger partial charge on any atom is -0.542 e. The summed E-state index contributed by atoms with van der Waals surface area (Å²) in [6, 6.07) is 0. The summed E-state index contributed by atoms with van der Waals surface area (Å²) in [4.78, 5) is 10.6. The molecule has 0 aromatic carbocycles. The van der Waals surface area contributed by atoms with Gasteiger partial charge in [0.25, 0.3) is 0 Å². The van der Waals surface area contributed by atoms with E-state index in [2.05, 4.69) is 19.2 Å². The van der Waals surface area contributed by atoms with Crippen molar-refractivity contribution in [2.24, 2.45) is 5.92 Å². The van der Waals surface area contributed by atoms with E-state index in [-0.39, 0.29) is 0 Å². The fraction of sp³-hybridized carbons (Fsp3) is 0.909. The number of carbonyl (C=O) groups is 1. The molecule has 1 aliphatic rings. The van der Waals surface area contributed by atoms with E-state index in [1.54, 1.807) is 4.90 Å². The van der Waals surface area contributed by atoms with Crippen LogP contribution in [0.1, 0.15) is 20.3 Å². The maximum atomic E-state index is 10.5. The Bertz CT molecular complexity index is 237. The smallest absolute Gasteiger partial charge is 0.430 e. The lowest BCUT2D eigenvalue weighted by atomic mass is 10.2. The third-order valence-electron chi connectivity index (χ3n) is 2.47. The number of rotatable bonds is 2. The standard InChI is InChI=1S/C9H20N2.C2HF3O2/c1-9(2)8-11-6-3-4-10-5-7-11;3-2(4,5)1(6)7/h9-10H,3-8H2,1-2H3;(H,6,7). The Hall–Kier alpha value is -0.820. The molecule has 1 unspecified atom stereocenters. The van der Waals surface area contributed by atoms with Crippen LogP contribution in [0.2, 0.25) is 0 Å². The third-order valence-corrected chi connectivity index (χ3v) is 2.47. The van der Waals surface area contributed by atoms with Crippen LogP contribution in [0.25, 0.3) is 0 Å². The molecular formula is C11H21F3N2O2. The van der Waals surface area contributed by atoms with E-state index in [0.29, 0.717) is 0 Å². The molecule has 4 nitrogen and oxygen atoms in total. The second-order valence-corrected chi connectivity index (χ2v) is 4.74. The van der Waals surface area contributed by atoms with E-state index in [1.807, 2.05) is 0 Å². The lowest BCUT2D eigenvalue weighted by Crippen LogP contribution is -3.13. The second kappa shape index (κ2) is 8.31. The molecule has 1 rings (SSSR count). The van der Waals surface area contributed by atoms with E-state index in [0.717, 1.165) is 5.92 Å². The largest absolute Gasteiger partial charge is 0.542 e. The van der Waals surface area contributed by atoms with E-state index >= 15 is 0 Å². The zero-order valence-electron chi connectivity index (χ0n) is 10.8. The van der Waals surface area contributed by atoms with Crippen molar-refractivity contribution in [3.05, 3.63) is 0 Å². The van der Waals surface area contributed by atoms with Crippen LogP contribution in [0.5, 0.6) is 0 Å². The number of carboxylic acids is 1. The Morgan fingerprint density at radius 3 is 2.33 bits per heavy atom. The first kappa shape index (κ1) is 17.2. The van der Waals surface area contributed by atoms with Crippen molar-refractivity contribution in [3.8, 4) is 0 Å². The molecule has 7 heteroatoms. The molecule has 108 valence electrons. The van der Waals surface area contributed by atoms with Crippen LogP contribution in [0.15, 0.2) is 0 Å². The highest BCUT2D eigenvalue weighted by Gasteiger charge is 2.28. The molecule has 0 aliphatic carbocycles. The zero-order chi connectivity index (χ0) is 14.2. The second-order valence-electron chi connectivity index (χ2n) is 4.74. The van der Waals surface area contributed by atoms with Gasteiger partial charge in [-0.25, -0.2) is 0 Å². The molecule has 0 amide bonds. The first-order chi connectivity index (χ1) is 8.23. The van der Waals surface area contributed by atoms with Gasteiger partial charge in [0.2, 0.25) is 0 Å². The topological polar surface area (TPSA) is 56.6 Å². The van der Waals surface area contributed by atoms with Gasteiger partial charge in [-0.15, -0.1) is 0 Å². The number of quaternary nitrogens is 1. The SMILES string of the molecule is CC(C)C[NH+]1CCCNCC1.O=C([O-])C(F)(F)F. The number of hydrogen-bond donors (Lipinski definition) is 2. The number of alkyl halides is 3. The van der Waals surface area contributed by atoms with Gasteiger partial charge >= 0.3 is 6.18 Å². The van der Waals surface area contributed by atoms with Gasteiger partial charge in [-0.1, -0.05) is 13.8 Å². The molecule has 0 radical (unpaired) electrons. The fourth-order valence-electron chi connectivity index (χ4n) is 1.76. The molecule has 2 N–H and O–H groups in total. The van der Waals surface area contributed by atoms with Crippen LogP contribution in [0.4, 0.5) is 13.2 Å². The quantitative estimate of drug-likeness (QED) is 0.664.